The highest BCUT2D eigenvalue weighted by Crippen LogP contribution is 2.09. The van der Waals surface area contributed by atoms with Gasteiger partial charge in [0.2, 0.25) is 0 Å². The third-order valence-corrected chi connectivity index (χ3v) is 2.89. The zero-order valence-electron chi connectivity index (χ0n) is 10.7. The minimum atomic E-state index is -0.322. The van der Waals surface area contributed by atoms with E-state index in [1.807, 2.05) is 30.3 Å². The van der Waals surface area contributed by atoms with E-state index < -0.39 is 0 Å². The van der Waals surface area contributed by atoms with Crippen LogP contribution >= 0.6 is 11.6 Å². The molecular formula is C15H14ClN3O. The van der Waals surface area contributed by atoms with Crippen LogP contribution in [0.4, 0.5) is 0 Å². The molecule has 0 aromatic heterocycles. The van der Waals surface area contributed by atoms with Crippen molar-refractivity contribution in [3.8, 4) is 0 Å². The number of carbonyl (C=O) groups is 1. The van der Waals surface area contributed by atoms with Crippen LogP contribution in [0.3, 0.4) is 0 Å². The summed E-state index contributed by atoms with van der Waals surface area (Å²) in [4.78, 5) is 11.8. The Morgan fingerprint density at radius 1 is 1.10 bits per heavy atom. The van der Waals surface area contributed by atoms with E-state index in [4.69, 9.17) is 17.3 Å². The molecule has 0 aliphatic rings. The fourth-order valence-corrected chi connectivity index (χ4v) is 1.76. The van der Waals surface area contributed by atoms with Crippen molar-refractivity contribution >= 4 is 23.3 Å². The summed E-state index contributed by atoms with van der Waals surface area (Å²) in [5.41, 5.74) is 9.70. The van der Waals surface area contributed by atoms with Gasteiger partial charge in [-0.2, -0.15) is 5.10 Å². The molecule has 0 aliphatic carbocycles. The summed E-state index contributed by atoms with van der Waals surface area (Å²) in [5.74, 6) is 0.0243. The predicted octanol–water partition coefficient (Wildman–Crippen LogP) is 2.58. The number of benzene rings is 2. The van der Waals surface area contributed by atoms with E-state index in [0.29, 0.717) is 22.8 Å². The molecule has 2 rings (SSSR count). The van der Waals surface area contributed by atoms with Gasteiger partial charge in [-0.15, -0.1) is 0 Å². The van der Waals surface area contributed by atoms with Gasteiger partial charge in [0.05, 0.1) is 0 Å². The van der Waals surface area contributed by atoms with Crippen molar-refractivity contribution in [2.45, 2.75) is 6.42 Å². The summed E-state index contributed by atoms with van der Waals surface area (Å²) >= 11 is 5.75. The second-order valence-electron chi connectivity index (χ2n) is 4.21. The third kappa shape index (κ3) is 4.10. The van der Waals surface area contributed by atoms with Crippen LogP contribution in [0.15, 0.2) is 59.7 Å². The molecule has 0 heterocycles. The average Bonchev–Trinajstić information content (AvgIpc) is 2.46. The summed E-state index contributed by atoms with van der Waals surface area (Å²) in [5, 5.41) is 4.46. The number of nitrogens with two attached hydrogens (primary N) is 1. The lowest BCUT2D eigenvalue weighted by molar-refractivity contribution is 0.0954. The zero-order valence-corrected chi connectivity index (χ0v) is 11.5. The van der Waals surface area contributed by atoms with E-state index in [1.54, 1.807) is 24.3 Å². The van der Waals surface area contributed by atoms with Crippen LogP contribution in [-0.2, 0) is 6.42 Å². The molecule has 0 fully saturated rings. The number of nitrogens with one attached hydrogen (secondary N) is 1. The predicted molar refractivity (Wildman–Crippen MR) is 80.7 cm³/mol. The fraction of sp³-hybridized carbons (Fsp3) is 0.0667. The molecule has 0 unspecified atom stereocenters. The summed E-state index contributed by atoms with van der Waals surface area (Å²) in [6, 6.07) is 16.2. The maximum atomic E-state index is 11.8. The van der Waals surface area contributed by atoms with Crippen LogP contribution < -0.4 is 11.2 Å². The Bertz CT molecular complexity index is 609. The molecule has 2 aromatic carbocycles. The summed E-state index contributed by atoms with van der Waals surface area (Å²) in [6.45, 7) is 0. The molecule has 3 N–H and O–H groups in total. The second-order valence-corrected chi connectivity index (χ2v) is 4.65. The van der Waals surface area contributed by atoms with Gasteiger partial charge in [0.25, 0.3) is 5.91 Å². The van der Waals surface area contributed by atoms with Gasteiger partial charge in [0, 0.05) is 17.0 Å². The van der Waals surface area contributed by atoms with E-state index in [9.17, 15) is 4.79 Å². The molecule has 0 saturated heterocycles. The molecule has 20 heavy (non-hydrogen) atoms. The maximum absolute atomic E-state index is 11.8. The Kier molecular flexibility index (Phi) is 4.74. The Morgan fingerprint density at radius 2 is 1.75 bits per heavy atom. The number of hydrogen-bond donors (Lipinski definition) is 2. The molecule has 4 nitrogen and oxygen atoms in total. The molecule has 0 aliphatic heterocycles. The van der Waals surface area contributed by atoms with Gasteiger partial charge >= 0.3 is 0 Å². The van der Waals surface area contributed by atoms with Crippen molar-refractivity contribution in [1.82, 2.24) is 5.43 Å². The van der Waals surface area contributed by atoms with Crippen molar-refractivity contribution in [1.29, 1.82) is 0 Å². The van der Waals surface area contributed by atoms with Gasteiger partial charge in [0.1, 0.15) is 5.84 Å². The Labute approximate surface area is 122 Å². The SMILES string of the molecule is N/C(Cc1ccccc1)=N\NC(=O)c1ccc(Cl)cc1. The Morgan fingerprint density at radius 3 is 2.40 bits per heavy atom. The van der Waals surface area contributed by atoms with Crippen LogP contribution in [0.5, 0.6) is 0 Å². The van der Waals surface area contributed by atoms with Gasteiger partial charge in [-0.1, -0.05) is 41.9 Å². The lowest BCUT2D eigenvalue weighted by atomic mass is 10.1. The smallest absolute Gasteiger partial charge is 0.271 e. The van der Waals surface area contributed by atoms with E-state index >= 15 is 0 Å². The number of hydrazone groups is 1. The van der Waals surface area contributed by atoms with E-state index in [0.717, 1.165) is 5.56 Å². The number of hydrogen-bond acceptors (Lipinski definition) is 2. The molecule has 2 aromatic rings. The van der Waals surface area contributed by atoms with Crippen LogP contribution in [0, 0.1) is 0 Å². The van der Waals surface area contributed by atoms with E-state index in [-0.39, 0.29) is 5.91 Å². The zero-order chi connectivity index (χ0) is 14.4. The third-order valence-electron chi connectivity index (χ3n) is 2.64. The minimum Gasteiger partial charge on any atom is -0.385 e. The average molecular weight is 288 g/mol. The first-order valence-electron chi connectivity index (χ1n) is 6.07. The first-order chi connectivity index (χ1) is 9.65. The van der Waals surface area contributed by atoms with Crippen molar-refractivity contribution in [3.05, 3.63) is 70.7 Å². The number of amides is 1. The standard InChI is InChI=1S/C15H14ClN3O/c16-13-8-6-12(7-9-13)15(20)19-18-14(17)10-11-4-2-1-3-5-11/h1-9H,10H2,(H2,17,18)(H,19,20). The van der Waals surface area contributed by atoms with Crippen molar-refractivity contribution in [3.63, 3.8) is 0 Å². The molecule has 0 spiro atoms. The van der Waals surface area contributed by atoms with Gasteiger partial charge in [-0.3, -0.25) is 4.79 Å². The number of rotatable bonds is 4. The monoisotopic (exact) mass is 287 g/mol. The van der Waals surface area contributed by atoms with Gasteiger partial charge < -0.3 is 5.73 Å². The van der Waals surface area contributed by atoms with Crippen molar-refractivity contribution < 1.29 is 4.79 Å². The molecule has 0 atom stereocenters. The first-order valence-corrected chi connectivity index (χ1v) is 6.45. The van der Waals surface area contributed by atoms with Crippen molar-refractivity contribution in [2.75, 3.05) is 0 Å². The van der Waals surface area contributed by atoms with Crippen LogP contribution in [0.25, 0.3) is 0 Å². The normalized spacial score (nSPS) is 11.2. The van der Waals surface area contributed by atoms with E-state index in [1.165, 1.54) is 0 Å². The first kappa shape index (κ1) is 14.1. The molecule has 0 bridgehead atoms. The highest BCUT2D eigenvalue weighted by Gasteiger charge is 2.04. The number of carbonyl (C=O) groups excluding carboxylic acids is 1. The van der Waals surface area contributed by atoms with Gasteiger partial charge in [-0.05, 0) is 29.8 Å². The quantitative estimate of drug-likeness (QED) is 0.515. The molecule has 102 valence electrons. The van der Waals surface area contributed by atoms with Gasteiger partial charge in [-0.25, -0.2) is 5.43 Å². The minimum absolute atomic E-state index is 0.322. The maximum Gasteiger partial charge on any atom is 0.271 e. The Balaban J connectivity index is 1.94. The number of halogens is 1. The topological polar surface area (TPSA) is 67.5 Å². The molecular weight excluding hydrogens is 274 g/mol. The molecule has 0 radical (unpaired) electrons. The molecule has 5 heteroatoms. The number of nitrogens with zero attached hydrogens (tertiary/aromatic N) is 1. The van der Waals surface area contributed by atoms with Gasteiger partial charge in [0.15, 0.2) is 0 Å². The summed E-state index contributed by atoms with van der Waals surface area (Å²) in [6.07, 6.45) is 0.488. The second kappa shape index (κ2) is 6.73. The van der Waals surface area contributed by atoms with Crippen LogP contribution in [-0.4, -0.2) is 11.7 Å². The lowest BCUT2D eigenvalue weighted by Crippen LogP contribution is -2.24. The summed E-state index contributed by atoms with van der Waals surface area (Å²) < 4.78 is 0. The largest absolute Gasteiger partial charge is 0.385 e. The highest BCUT2D eigenvalue weighted by atomic mass is 35.5. The molecule has 0 saturated carbocycles. The Hall–Kier alpha value is -2.33. The summed E-state index contributed by atoms with van der Waals surface area (Å²) in [7, 11) is 0. The van der Waals surface area contributed by atoms with Crippen LogP contribution in [0.1, 0.15) is 15.9 Å². The van der Waals surface area contributed by atoms with Crippen LogP contribution in [0.2, 0.25) is 5.02 Å². The lowest BCUT2D eigenvalue weighted by Gasteiger charge is -2.03. The number of amidine groups is 1. The highest BCUT2D eigenvalue weighted by molar-refractivity contribution is 6.30. The van der Waals surface area contributed by atoms with Crippen molar-refractivity contribution in [2.24, 2.45) is 10.8 Å². The van der Waals surface area contributed by atoms with E-state index in [2.05, 4.69) is 10.5 Å². The molecule has 1 amide bonds. The fourth-order valence-electron chi connectivity index (χ4n) is 1.63.